The highest BCUT2D eigenvalue weighted by molar-refractivity contribution is 7.99. The monoisotopic (exact) mass is 429 g/mol. The SMILES string of the molecule is COc1ccc(-c2cc(C3(C(=O)NCCSc4nncn4C)CC3)no2)cc1OC. The third kappa shape index (κ3) is 3.87. The van der Waals surface area contributed by atoms with Gasteiger partial charge in [0.1, 0.15) is 6.33 Å². The number of carbonyl (C=O) groups is 1. The van der Waals surface area contributed by atoms with Crippen LogP contribution in [0.2, 0.25) is 0 Å². The van der Waals surface area contributed by atoms with Gasteiger partial charge in [-0.25, -0.2) is 0 Å². The molecule has 0 spiro atoms. The molecule has 1 saturated carbocycles. The van der Waals surface area contributed by atoms with Gasteiger partial charge in [0, 0.05) is 31.0 Å². The first-order valence-corrected chi connectivity index (χ1v) is 10.5. The molecule has 30 heavy (non-hydrogen) atoms. The Balaban J connectivity index is 1.40. The maximum Gasteiger partial charge on any atom is 0.232 e. The molecule has 1 aliphatic carbocycles. The second-order valence-corrected chi connectivity index (χ2v) is 8.12. The molecule has 0 atom stereocenters. The van der Waals surface area contributed by atoms with Crippen molar-refractivity contribution in [2.24, 2.45) is 7.05 Å². The highest BCUT2D eigenvalue weighted by Crippen LogP contribution is 2.48. The molecule has 1 fully saturated rings. The van der Waals surface area contributed by atoms with Gasteiger partial charge >= 0.3 is 0 Å². The van der Waals surface area contributed by atoms with Crippen molar-refractivity contribution in [3.63, 3.8) is 0 Å². The van der Waals surface area contributed by atoms with Crippen LogP contribution >= 0.6 is 11.8 Å². The average molecular weight is 430 g/mol. The lowest BCUT2D eigenvalue weighted by atomic mass is 10.0. The molecular formula is C20H23N5O4S. The standard InChI is InChI=1S/C20H23N5O4S/c1-25-12-22-23-19(25)30-9-8-21-18(26)20(6-7-20)17-11-15(29-24-17)13-4-5-14(27-2)16(10-13)28-3/h4-5,10-12H,6-9H2,1-3H3,(H,21,26). The minimum atomic E-state index is -0.603. The van der Waals surface area contributed by atoms with Crippen LogP contribution in [-0.4, -0.2) is 52.3 Å². The van der Waals surface area contributed by atoms with Crippen molar-refractivity contribution >= 4 is 17.7 Å². The number of rotatable bonds is 9. The van der Waals surface area contributed by atoms with E-state index in [0.29, 0.717) is 35.3 Å². The highest BCUT2D eigenvalue weighted by atomic mass is 32.2. The molecule has 2 heterocycles. The topological polar surface area (TPSA) is 104 Å². The number of ether oxygens (including phenoxy) is 2. The zero-order chi connectivity index (χ0) is 21.1. The molecule has 1 N–H and O–H groups in total. The number of benzene rings is 1. The summed E-state index contributed by atoms with van der Waals surface area (Å²) in [6, 6.07) is 7.34. The van der Waals surface area contributed by atoms with Crippen molar-refractivity contribution < 1.29 is 18.8 Å². The molecule has 1 aromatic carbocycles. The Morgan fingerprint density at radius 1 is 1.27 bits per heavy atom. The van der Waals surface area contributed by atoms with E-state index in [0.717, 1.165) is 23.6 Å². The smallest absolute Gasteiger partial charge is 0.232 e. The summed E-state index contributed by atoms with van der Waals surface area (Å²) in [5, 5.41) is 15.9. The normalized spacial score (nSPS) is 14.4. The molecule has 0 saturated heterocycles. The third-order valence-electron chi connectivity index (χ3n) is 5.14. The van der Waals surface area contributed by atoms with Gasteiger partial charge in [0.25, 0.3) is 0 Å². The molecule has 9 nitrogen and oxygen atoms in total. The van der Waals surface area contributed by atoms with Crippen LogP contribution in [0.5, 0.6) is 11.5 Å². The van der Waals surface area contributed by atoms with Gasteiger partial charge in [-0.1, -0.05) is 16.9 Å². The number of amides is 1. The average Bonchev–Trinajstić information content (AvgIpc) is 3.24. The minimum Gasteiger partial charge on any atom is -0.493 e. The first-order chi connectivity index (χ1) is 14.6. The van der Waals surface area contributed by atoms with E-state index >= 15 is 0 Å². The van der Waals surface area contributed by atoms with Crippen molar-refractivity contribution in [1.29, 1.82) is 0 Å². The van der Waals surface area contributed by atoms with Gasteiger partial charge in [-0.2, -0.15) is 0 Å². The Kier molecular flexibility index (Phi) is 5.67. The number of methoxy groups -OCH3 is 2. The lowest BCUT2D eigenvalue weighted by molar-refractivity contribution is -0.123. The van der Waals surface area contributed by atoms with E-state index in [1.54, 1.807) is 32.3 Å². The van der Waals surface area contributed by atoms with Crippen LogP contribution in [0.1, 0.15) is 18.5 Å². The summed E-state index contributed by atoms with van der Waals surface area (Å²) in [5.41, 5.74) is 0.863. The van der Waals surface area contributed by atoms with E-state index in [4.69, 9.17) is 14.0 Å². The van der Waals surface area contributed by atoms with Crippen LogP contribution in [0.3, 0.4) is 0 Å². The molecule has 0 unspecified atom stereocenters. The summed E-state index contributed by atoms with van der Waals surface area (Å²) in [7, 11) is 5.06. The van der Waals surface area contributed by atoms with Crippen molar-refractivity contribution in [3.8, 4) is 22.8 Å². The van der Waals surface area contributed by atoms with Crippen molar-refractivity contribution in [3.05, 3.63) is 36.3 Å². The van der Waals surface area contributed by atoms with Gasteiger partial charge in [0.05, 0.1) is 25.3 Å². The molecule has 1 aliphatic rings. The van der Waals surface area contributed by atoms with Crippen LogP contribution in [0.15, 0.2) is 40.3 Å². The van der Waals surface area contributed by atoms with Gasteiger partial charge in [-0.3, -0.25) is 4.79 Å². The van der Waals surface area contributed by atoms with Crippen molar-refractivity contribution in [2.75, 3.05) is 26.5 Å². The minimum absolute atomic E-state index is 0.0202. The van der Waals surface area contributed by atoms with Gasteiger partial charge in [-0.05, 0) is 31.0 Å². The third-order valence-corrected chi connectivity index (χ3v) is 6.18. The van der Waals surface area contributed by atoms with E-state index in [9.17, 15) is 4.79 Å². The first-order valence-electron chi connectivity index (χ1n) is 9.52. The summed E-state index contributed by atoms with van der Waals surface area (Å²) < 4.78 is 18.0. The van der Waals surface area contributed by atoms with Gasteiger partial charge in [0.2, 0.25) is 5.91 Å². The number of carbonyl (C=O) groups excluding carboxylic acids is 1. The quantitative estimate of drug-likeness (QED) is 0.409. The Bertz CT molecular complexity index is 1040. The molecule has 0 aliphatic heterocycles. The number of aryl methyl sites for hydroxylation is 1. The fourth-order valence-corrected chi connectivity index (χ4v) is 3.97. The molecule has 3 aromatic rings. The Labute approximate surface area is 178 Å². The Morgan fingerprint density at radius 2 is 2.07 bits per heavy atom. The number of thioether (sulfide) groups is 1. The second-order valence-electron chi connectivity index (χ2n) is 7.06. The largest absolute Gasteiger partial charge is 0.493 e. The molecule has 2 aromatic heterocycles. The number of hydrogen-bond donors (Lipinski definition) is 1. The van der Waals surface area contributed by atoms with E-state index in [1.807, 2.05) is 35.9 Å². The maximum atomic E-state index is 12.8. The molecule has 1 amide bonds. The molecule has 4 rings (SSSR count). The number of nitrogens with one attached hydrogen (secondary N) is 1. The zero-order valence-electron chi connectivity index (χ0n) is 17.0. The lowest BCUT2D eigenvalue weighted by Crippen LogP contribution is -2.36. The predicted octanol–water partition coefficient (Wildman–Crippen LogP) is 2.43. The molecule has 10 heteroatoms. The van der Waals surface area contributed by atoms with Crippen LogP contribution in [-0.2, 0) is 17.3 Å². The summed E-state index contributed by atoms with van der Waals surface area (Å²) in [6.45, 7) is 0.540. The first kappa shape index (κ1) is 20.3. The molecular weight excluding hydrogens is 406 g/mol. The van der Waals surface area contributed by atoms with Crippen molar-refractivity contribution in [1.82, 2.24) is 25.2 Å². The van der Waals surface area contributed by atoms with E-state index in [-0.39, 0.29) is 5.91 Å². The van der Waals surface area contributed by atoms with Gasteiger partial charge in [-0.15, -0.1) is 10.2 Å². The fourth-order valence-electron chi connectivity index (χ4n) is 3.23. The maximum absolute atomic E-state index is 12.8. The zero-order valence-corrected chi connectivity index (χ0v) is 17.9. The summed E-state index contributed by atoms with van der Waals surface area (Å²) in [6.07, 6.45) is 3.17. The van der Waals surface area contributed by atoms with E-state index < -0.39 is 5.41 Å². The predicted molar refractivity (Wildman–Crippen MR) is 111 cm³/mol. The van der Waals surface area contributed by atoms with Crippen LogP contribution in [0.4, 0.5) is 0 Å². The second kappa shape index (κ2) is 8.39. The van der Waals surface area contributed by atoms with Crippen LogP contribution < -0.4 is 14.8 Å². The summed E-state index contributed by atoms with van der Waals surface area (Å²) >= 11 is 1.55. The molecule has 0 radical (unpaired) electrons. The van der Waals surface area contributed by atoms with Crippen molar-refractivity contribution in [2.45, 2.75) is 23.4 Å². The fraction of sp³-hybridized carbons (Fsp3) is 0.400. The summed E-state index contributed by atoms with van der Waals surface area (Å²) in [4.78, 5) is 12.8. The van der Waals surface area contributed by atoms with Gasteiger partial charge < -0.3 is 23.9 Å². The lowest BCUT2D eigenvalue weighted by Gasteiger charge is -2.12. The number of hydrogen-bond acceptors (Lipinski definition) is 8. The van der Waals surface area contributed by atoms with E-state index in [1.165, 1.54) is 0 Å². The summed E-state index contributed by atoms with van der Waals surface area (Å²) in [5.74, 6) is 2.52. The number of aromatic nitrogens is 4. The molecule has 0 bridgehead atoms. The highest BCUT2D eigenvalue weighted by Gasteiger charge is 2.53. The molecule has 158 valence electrons. The van der Waals surface area contributed by atoms with Crippen LogP contribution in [0.25, 0.3) is 11.3 Å². The Morgan fingerprint density at radius 3 is 2.73 bits per heavy atom. The van der Waals surface area contributed by atoms with Gasteiger partial charge in [0.15, 0.2) is 22.4 Å². The Hall–Kier alpha value is -3.01. The van der Waals surface area contributed by atoms with E-state index in [2.05, 4.69) is 20.7 Å². The van der Waals surface area contributed by atoms with Crippen LogP contribution in [0, 0.1) is 0 Å². The number of nitrogens with zero attached hydrogens (tertiary/aromatic N) is 4.